The first kappa shape index (κ1) is 14.4. The highest BCUT2D eigenvalue weighted by Crippen LogP contribution is 2.33. The molecular weight excluding hydrogens is 288 g/mol. The molecule has 0 aliphatic carbocycles. The van der Waals surface area contributed by atoms with Gasteiger partial charge in [-0.15, -0.1) is 0 Å². The Morgan fingerprint density at radius 3 is 2.33 bits per heavy atom. The van der Waals surface area contributed by atoms with Gasteiger partial charge >= 0.3 is 12.3 Å². The quantitative estimate of drug-likeness (QED) is 0.650. The molecule has 2 rings (SSSR count). The Morgan fingerprint density at radius 2 is 1.81 bits per heavy atom. The minimum Gasteiger partial charge on any atom is -0.435 e. The Hall–Kier alpha value is -3.04. The van der Waals surface area contributed by atoms with E-state index >= 15 is 0 Å². The Morgan fingerprint density at radius 1 is 1.19 bits per heavy atom. The Labute approximate surface area is 116 Å². The summed E-state index contributed by atoms with van der Waals surface area (Å²) in [4.78, 5) is 17.6. The van der Waals surface area contributed by atoms with E-state index in [0.717, 1.165) is 0 Å². The van der Waals surface area contributed by atoms with Crippen LogP contribution in [0.5, 0.6) is 5.75 Å². The van der Waals surface area contributed by atoms with Gasteiger partial charge in [-0.25, -0.2) is 4.98 Å². The molecule has 0 saturated carbocycles. The van der Waals surface area contributed by atoms with Gasteiger partial charge in [-0.2, -0.15) is 13.8 Å². The molecule has 0 aliphatic heterocycles. The van der Waals surface area contributed by atoms with Crippen LogP contribution in [-0.4, -0.2) is 21.5 Å². The number of halogens is 2. The van der Waals surface area contributed by atoms with Crippen LogP contribution in [0.1, 0.15) is 0 Å². The number of rotatable bonds is 4. The summed E-state index contributed by atoms with van der Waals surface area (Å²) in [6, 6.07) is 5.09. The number of nitrogens with zero attached hydrogens (tertiary/aromatic N) is 3. The van der Waals surface area contributed by atoms with E-state index in [1.165, 1.54) is 24.3 Å². The maximum Gasteiger partial charge on any atom is 0.387 e. The molecule has 0 atom stereocenters. The van der Waals surface area contributed by atoms with Crippen LogP contribution in [0, 0.1) is 10.1 Å². The third-order valence-electron chi connectivity index (χ3n) is 2.46. The Balaban J connectivity index is 2.48. The standard InChI is InChI=1S/C11H9F2N5O3/c12-10(13)21-6-3-1-5(2-4-6)7-8(18(19)20)9(14)17-11(15)16-7/h1-4,10H,(H4,14,15,16,17). The summed E-state index contributed by atoms with van der Waals surface area (Å²) in [5.41, 5.74) is 10.5. The van der Waals surface area contributed by atoms with Crippen LogP contribution < -0.4 is 16.2 Å². The number of alkyl halides is 2. The molecule has 21 heavy (non-hydrogen) atoms. The average Bonchev–Trinajstić information content (AvgIpc) is 2.37. The van der Waals surface area contributed by atoms with Crippen LogP contribution in [0.25, 0.3) is 11.3 Å². The van der Waals surface area contributed by atoms with Crippen LogP contribution in [0.3, 0.4) is 0 Å². The number of anilines is 2. The van der Waals surface area contributed by atoms with E-state index in [1.54, 1.807) is 0 Å². The number of aromatic nitrogens is 2. The van der Waals surface area contributed by atoms with Gasteiger partial charge in [0.25, 0.3) is 0 Å². The topological polar surface area (TPSA) is 130 Å². The SMILES string of the molecule is Nc1nc(N)c([N+](=O)[O-])c(-c2ccc(OC(F)F)cc2)n1. The second kappa shape index (κ2) is 5.53. The molecule has 0 amide bonds. The van der Waals surface area contributed by atoms with Crippen LogP contribution in [-0.2, 0) is 0 Å². The first-order valence-electron chi connectivity index (χ1n) is 5.51. The molecule has 0 unspecified atom stereocenters. The minimum absolute atomic E-state index is 0.0913. The molecule has 110 valence electrons. The van der Waals surface area contributed by atoms with E-state index in [-0.39, 0.29) is 28.8 Å². The molecule has 1 heterocycles. The molecule has 0 bridgehead atoms. The second-order valence-corrected chi connectivity index (χ2v) is 3.82. The van der Waals surface area contributed by atoms with E-state index in [9.17, 15) is 18.9 Å². The first-order valence-corrected chi connectivity index (χ1v) is 5.51. The summed E-state index contributed by atoms with van der Waals surface area (Å²) < 4.78 is 28.3. The predicted molar refractivity (Wildman–Crippen MR) is 69.6 cm³/mol. The maximum absolute atomic E-state index is 12.1. The zero-order chi connectivity index (χ0) is 15.6. The van der Waals surface area contributed by atoms with Gasteiger partial charge in [0.15, 0.2) is 5.69 Å². The molecule has 1 aromatic carbocycles. The van der Waals surface area contributed by atoms with Crippen molar-refractivity contribution >= 4 is 17.5 Å². The van der Waals surface area contributed by atoms with Crippen molar-refractivity contribution in [3.63, 3.8) is 0 Å². The largest absolute Gasteiger partial charge is 0.435 e. The summed E-state index contributed by atoms with van der Waals surface area (Å²) in [7, 11) is 0. The van der Waals surface area contributed by atoms with Crippen molar-refractivity contribution in [2.75, 3.05) is 11.5 Å². The van der Waals surface area contributed by atoms with E-state index in [4.69, 9.17) is 11.5 Å². The number of nitro groups is 1. The monoisotopic (exact) mass is 297 g/mol. The molecule has 0 aliphatic rings. The minimum atomic E-state index is -2.96. The lowest BCUT2D eigenvalue weighted by atomic mass is 10.1. The fourth-order valence-electron chi connectivity index (χ4n) is 1.67. The van der Waals surface area contributed by atoms with Gasteiger partial charge in [-0.05, 0) is 24.3 Å². The molecule has 8 nitrogen and oxygen atoms in total. The average molecular weight is 297 g/mol. The molecule has 0 fully saturated rings. The van der Waals surface area contributed by atoms with E-state index < -0.39 is 17.2 Å². The van der Waals surface area contributed by atoms with Gasteiger partial charge in [0.2, 0.25) is 11.8 Å². The van der Waals surface area contributed by atoms with E-state index in [2.05, 4.69) is 14.7 Å². The molecular formula is C11H9F2N5O3. The van der Waals surface area contributed by atoms with Crippen LogP contribution in [0.15, 0.2) is 24.3 Å². The highest BCUT2D eigenvalue weighted by molar-refractivity contribution is 5.77. The van der Waals surface area contributed by atoms with E-state index in [0.29, 0.717) is 0 Å². The lowest BCUT2D eigenvalue weighted by Crippen LogP contribution is -2.06. The smallest absolute Gasteiger partial charge is 0.387 e. The number of hydrogen-bond acceptors (Lipinski definition) is 7. The van der Waals surface area contributed by atoms with Crippen LogP contribution in [0.4, 0.5) is 26.2 Å². The molecule has 0 spiro atoms. The van der Waals surface area contributed by atoms with Crippen molar-refractivity contribution in [1.82, 2.24) is 9.97 Å². The van der Waals surface area contributed by atoms with Gasteiger partial charge < -0.3 is 16.2 Å². The summed E-state index contributed by atoms with van der Waals surface area (Å²) >= 11 is 0. The van der Waals surface area contributed by atoms with Crippen molar-refractivity contribution in [1.29, 1.82) is 0 Å². The number of benzene rings is 1. The lowest BCUT2D eigenvalue weighted by Gasteiger charge is -2.07. The van der Waals surface area contributed by atoms with E-state index in [1.807, 2.05) is 0 Å². The molecule has 0 radical (unpaired) electrons. The molecule has 2 aromatic rings. The fraction of sp³-hybridized carbons (Fsp3) is 0.0909. The van der Waals surface area contributed by atoms with Crippen molar-refractivity contribution in [2.45, 2.75) is 6.61 Å². The zero-order valence-electron chi connectivity index (χ0n) is 10.4. The van der Waals surface area contributed by atoms with Gasteiger partial charge in [-0.3, -0.25) is 10.1 Å². The highest BCUT2D eigenvalue weighted by Gasteiger charge is 2.23. The Bertz CT molecular complexity index is 678. The van der Waals surface area contributed by atoms with Crippen LogP contribution >= 0.6 is 0 Å². The normalized spacial score (nSPS) is 10.6. The number of nitrogen functional groups attached to an aromatic ring is 2. The van der Waals surface area contributed by atoms with Crippen molar-refractivity contribution < 1.29 is 18.4 Å². The molecule has 4 N–H and O–H groups in total. The number of ether oxygens (including phenoxy) is 1. The van der Waals surface area contributed by atoms with Crippen molar-refractivity contribution in [3.8, 4) is 17.0 Å². The number of nitrogens with two attached hydrogens (primary N) is 2. The second-order valence-electron chi connectivity index (χ2n) is 3.82. The zero-order valence-corrected chi connectivity index (χ0v) is 10.4. The maximum atomic E-state index is 12.1. The Kier molecular flexibility index (Phi) is 3.78. The first-order chi connectivity index (χ1) is 9.88. The van der Waals surface area contributed by atoms with Crippen molar-refractivity contribution in [3.05, 3.63) is 34.4 Å². The fourth-order valence-corrected chi connectivity index (χ4v) is 1.67. The highest BCUT2D eigenvalue weighted by atomic mass is 19.3. The summed E-state index contributed by atoms with van der Waals surface area (Å²) in [6.45, 7) is -2.96. The van der Waals surface area contributed by atoms with Crippen LogP contribution in [0.2, 0.25) is 0 Å². The molecule has 0 saturated heterocycles. The summed E-state index contributed by atoms with van der Waals surface area (Å²) in [5, 5.41) is 11.0. The summed E-state index contributed by atoms with van der Waals surface area (Å²) in [6.07, 6.45) is 0. The van der Waals surface area contributed by atoms with Crippen molar-refractivity contribution in [2.24, 2.45) is 0 Å². The molecule has 1 aromatic heterocycles. The van der Waals surface area contributed by atoms with Gasteiger partial charge in [0.1, 0.15) is 5.75 Å². The van der Waals surface area contributed by atoms with Gasteiger partial charge in [-0.1, -0.05) is 0 Å². The number of hydrogen-bond donors (Lipinski definition) is 2. The summed E-state index contributed by atoms with van der Waals surface area (Å²) in [5.74, 6) is -0.706. The third kappa shape index (κ3) is 3.11. The predicted octanol–water partition coefficient (Wildman–Crippen LogP) is 1.82. The van der Waals surface area contributed by atoms with Gasteiger partial charge in [0.05, 0.1) is 4.92 Å². The lowest BCUT2D eigenvalue weighted by molar-refractivity contribution is -0.383. The van der Waals surface area contributed by atoms with Gasteiger partial charge in [0, 0.05) is 5.56 Å². The third-order valence-corrected chi connectivity index (χ3v) is 2.46. The molecule has 10 heteroatoms.